The van der Waals surface area contributed by atoms with Crippen LogP contribution in [0.15, 0.2) is 63.0 Å². The molecule has 25 heavy (non-hydrogen) atoms. The molecule has 128 valence electrons. The number of thioether (sulfide) groups is 1. The first-order valence-corrected chi connectivity index (χ1v) is 9.27. The molecule has 1 aromatic heterocycles. The summed E-state index contributed by atoms with van der Waals surface area (Å²) in [6.45, 7) is 1.94. The summed E-state index contributed by atoms with van der Waals surface area (Å²) in [5, 5.41) is 11.4. The zero-order valence-electron chi connectivity index (χ0n) is 13.4. The maximum atomic E-state index is 12.4. The number of aryl methyl sites for hydroxylation is 1. The molecule has 2 aromatic carbocycles. The van der Waals surface area contributed by atoms with Crippen LogP contribution in [0.25, 0.3) is 0 Å². The summed E-state index contributed by atoms with van der Waals surface area (Å²) in [6, 6.07) is 15.5. The fourth-order valence-corrected chi connectivity index (χ4v) is 3.20. The molecule has 0 aliphatic carbocycles. The number of aromatic nitrogens is 3. The molecule has 0 saturated heterocycles. The Labute approximate surface area is 157 Å². The first-order chi connectivity index (χ1) is 12.0. The largest absolute Gasteiger partial charge is 0.334 e. The lowest BCUT2D eigenvalue weighted by Gasteiger charge is -2.10. The predicted molar refractivity (Wildman–Crippen MR) is 105 cm³/mol. The summed E-state index contributed by atoms with van der Waals surface area (Å²) in [4.78, 5) is 12.4. The number of hydrogen-bond donors (Lipinski definition) is 2. The highest BCUT2D eigenvalue weighted by Crippen LogP contribution is 2.21. The molecule has 6 nitrogen and oxygen atoms in total. The number of para-hydroxylation sites is 1. The number of nitrogens with one attached hydrogen (secondary N) is 1. The number of nitrogen functional groups attached to an aromatic ring is 1. The average molecular weight is 418 g/mol. The lowest BCUT2D eigenvalue weighted by molar-refractivity contribution is 0.705. The Kier molecular flexibility index (Phi) is 5.40. The first kappa shape index (κ1) is 17.5. The van der Waals surface area contributed by atoms with Crippen LogP contribution in [0.5, 0.6) is 0 Å². The lowest BCUT2D eigenvalue weighted by atomic mass is 10.2. The molecule has 1 heterocycles. The van der Waals surface area contributed by atoms with Gasteiger partial charge in [-0.3, -0.25) is 4.79 Å². The van der Waals surface area contributed by atoms with E-state index in [1.165, 1.54) is 11.8 Å². The van der Waals surface area contributed by atoms with Gasteiger partial charge in [0.25, 0.3) is 0 Å². The van der Waals surface area contributed by atoms with Gasteiger partial charge in [0.15, 0.2) is 0 Å². The third kappa shape index (κ3) is 4.21. The Morgan fingerprint density at radius 1 is 1.16 bits per heavy atom. The molecular weight excluding hydrogens is 402 g/mol. The third-order valence-electron chi connectivity index (χ3n) is 3.54. The number of anilines is 2. The minimum absolute atomic E-state index is 0.102. The molecule has 3 aromatic rings. The molecule has 3 rings (SSSR count). The summed E-state index contributed by atoms with van der Waals surface area (Å²) in [5.74, 6) is 6.64. The lowest BCUT2D eigenvalue weighted by Crippen LogP contribution is -2.32. The van der Waals surface area contributed by atoms with Crippen molar-refractivity contribution >= 4 is 39.2 Å². The summed E-state index contributed by atoms with van der Waals surface area (Å²) in [7, 11) is 0. The van der Waals surface area contributed by atoms with Gasteiger partial charge in [0.1, 0.15) is 0 Å². The van der Waals surface area contributed by atoms with Gasteiger partial charge in [-0.05, 0) is 36.2 Å². The highest BCUT2D eigenvalue weighted by atomic mass is 79.9. The van der Waals surface area contributed by atoms with Crippen molar-refractivity contribution in [2.24, 2.45) is 0 Å². The fraction of sp³-hybridized carbons (Fsp3) is 0.118. The van der Waals surface area contributed by atoms with Crippen LogP contribution >= 0.6 is 27.7 Å². The van der Waals surface area contributed by atoms with E-state index >= 15 is 0 Å². The molecule has 0 fully saturated rings. The Hall–Kier alpha value is -2.32. The molecule has 0 atom stereocenters. The molecule has 0 unspecified atom stereocenters. The molecule has 0 bridgehead atoms. The summed E-state index contributed by atoms with van der Waals surface area (Å²) in [6.07, 6.45) is 0. The number of benzene rings is 2. The van der Waals surface area contributed by atoms with E-state index in [-0.39, 0.29) is 5.82 Å². The maximum Gasteiger partial charge on any atom is 0.315 e. The van der Waals surface area contributed by atoms with Gasteiger partial charge in [0.05, 0.1) is 0 Å². The Balaban J connectivity index is 1.77. The highest BCUT2D eigenvalue weighted by Gasteiger charge is 2.11. The van der Waals surface area contributed by atoms with E-state index in [0.717, 1.165) is 26.0 Å². The smallest absolute Gasteiger partial charge is 0.315 e. The number of rotatable bonds is 5. The van der Waals surface area contributed by atoms with Gasteiger partial charge < -0.3 is 11.2 Å². The molecule has 0 saturated carbocycles. The Bertz CT molecular complexity index is 943. The van der Waals surface area contributed by atoms with Crippen molar-refractivity contribution < 1.29 is 0 Å². The van der Waals surface area contributed by atoms with Crippen molar-refractivity contribution in [3.05, 3.63) is 74.5 Å². The standard InChI is InChI=1S/C17H16BrN5OS/c1-11-4-2-3-5-14(11)20-15-16(24)23(19)17(22-21-15)25-10-12-6-8-13(18)9-7-12/h2-9H,10,19H2,1H3,(H,20,21). The molecule has 0 aliphatic rings. The van der Waals surface area contributed by atoms with Crippen molar-refractivity contribution in [2.75, 3.05) is 11.2 Å². The quantitative estimate of drug-likeness (QED) is 0.488. The van der Waals surface area contributed by atoms with Crippen molar-refractivity contribution in [3.63, 3.8) is 0 Å². The van der Waals surface area contributed by atoms with Gasteiger partial charge in [-0.1, -0.05) is 58.0 Å². The van der Waals surface area contributed by atoms with Gasteiger partial charge in [0, 0.05) is 15.9 Å². The van der Waals surface area contributed by atoms with Gasteiger partial charge in [-0.15, -0.1) is 10.2 Å². The van der Waals surface area contributed by atoms with Crippen LogP contribution in [-0.4, -0.2) is 14.9 Å². The van der Waals surface area contributed by atoms with Crippen molar-refractivity contribution in [2.45, 2.75) is 17.8 Å². The van der Waals surface area contributed by atoms with E-state index in [1.807, 2.05) is 55.5 Å². The van der Waals surface area contributed by atoms with Crippen molar-refractivity contribution in [1.82, 2.24) is 14.9 Å². The van der Waals surface area contributed by atoms with Gasteiger partial charge in [-0.2, -0.15) is 4.68 Å². The topological polar surface area (TPSA) is 85.8 Å². The van der Waals surface area contributed by atoms with Crippen LogP contribution < -0.4 is 16.7 Å². The van der Waals surface area contributed by atoms with Gasteiger partial charge >= 0.3 is 5.56 Å². The zero-order valence-corrected chi connectivity index (χ0v) is 15.8. The van der Waals surface area contributed by atoms with Gasteiger partial charge in [0.2, 0.25) is 11.0 Å². The molecule has 3 N–H and O–H groups in total. The highest BCUT2D eigenvalue weighted by molar-refractivity contribution is 9.10. The van der Waals surface area contributed by atoms with E-state index in [9.17, 15) is 4.79 Å². The molecular formula is C17H16BrN5OS. The monoisotopic (exact) mass is 417 g/mol. The van der Waals surface area contributed by atoms with E-state index in [0.29, 0.717) is 10.9 Å². The predicted octanol–water partition coefficient (Wildman–Crippen LogP) is 3.46. The van der Waals surface area contributed by atoms with E-state index < -0.39 is 5.56 Å². The Morgan fingerprint density at radius 3 is 2.60 bits per heavy atom. The van der Waals surface area contributed by atoms with Crippen LogP contribution in [0.3, 0.4) is 0 Å². The Morgan fingerprint density at radius 2 is 1.88 bits per heavy atom. The number of nitrogens with two attached hydrogens (primary N) is 1. The normalized spacial score (nSPS) is 10.6. The molecule has 8 heteroatoms. The molecule has 0 radical (unpaired) electrons. The summed E-state index contributed by atoms with van der Waals surface area (Å²) in [5.41, 5.74) is 2.48. The van der Waals surface area contributed by atoms with Crippen LogP contribution in [0.4, 0.5) is 11.5 Å². The number of halogens is 1. The average Bonchev–Trinajstić information content (AvgIpc) is 2.61. The second-order valence-electron chi connectivity index (χ2n) is 5.36. The number of hydrogen-bond acceptors (Lipinski definition) is 6. The van der Waals surface area contributed by atoms with E-state index in [1.54, 1.807) is 0 Å². The second-order valence-corrected chi connectivity index (χ2v) is 7.22. The van der Waals surface area contributed by atoms with E-state index in [2.05, 4.69) is 31.4 Å². The maximum absolute atomic E-state index is 12.4. The second kappa shape index (κ2) is 7.71. The van der Waals surface area contributed by atoms with Crippen LogP contribution in [0.1, 0.15) is 11.1 Å². The van der Waals surface area contributed by atoms with Crippen LogP contribution in [0, 0.1) is 6.92 Å². The summed E-state index contributed by atoms with van der Waals surface area (Å²) < 4.78 is 2.04. The number of nitrogens with zero attached hydrogens (tertiary/aromatic N) is 3. The summed E-state index contributed by atoms with van der Waals surface area (Å²) >= 11 is 4.76. The molecule has 0 spiro atoms. The first-order valence-electron chi connectivity index (χ1n) is 7.49. The van der Waals surface area contributed by atoms with E-state index in [4.69, 9.17) is 5.84 Å². The molecule has 0 amide bonds. The van der Waals surface area contributed by atoms with Crippen LogP contribution in [-0.2, 0) is 5.75 Å². The minimum atomic E-state index is -0.420. The fourth-order valence-electron chi connectivity index (χ4n) is 2.13. The third-order valence-corrected chi connectivity index (χ3v) is 5.09. The van der Waals surface area contributed by atoms with Crippen molar-refractivity contribution in [1.29, 1.82) is 0 Å². The SMILES string of the molecule is Cc1ccccc1Nc1nnc(SCc2ccc(Br)cc2)n(N)c1=O. The van der Waals surface area contributed by atoms with Crippen LogP contribution in [0.2, 0.25) is 0 Å². The minimum Gasteiger partial charge on any atom is -0.334 e. The zero-order chi connectivity index (χ0) is 17.8. The van der Waals surface area contributed by atoms with Crippen molar-refractivity contribution in [3.8, 4) is 0 Å². The molecule has 0 aliphatic heterocycles. The van der Waals surface area contributed by atoms with Gasteiger partial charge in [-0.25, -0.2) is 0 Å².